The van der Waals surface area contributed by atoms with Gasteiger partial charge in [0, 0.05) is 33.8 Å². The molecule has 0 aromatic heterocycles. The van der Waals surface area contributed by atoms with Crippen LogP contribution in [0.15, 0.2) is 95.1 Å². The minimum Gasteiger partial charge on any atom is -0.508 e. The van der Waals surface area contributed by atoms with Crippen molar-refractivity contribution >= 4 is 45.6 Å². The summed E-state index contributed by atoms with van der Waals surface area (Å²) in [4.78, 5) is 67.9. The molecule has 208 valence electrons. The summed E-state index contributed by atoms with van der Waals surface area (Å²) in [5.74, 6) is -3.91. The van der Waals surface area contributed by atoms with Crippen LogP contribution in [0, 0.1) is 17.8 Å². The van der Waals surface area contributed by atoms with Crippen molar-refractivity contribution < 1.29 is 29.1 Å². The van der Waals surface area contributed by atoms with Crippen LogP contribution < -0.4 is 4.90 Å². The third-order valence-corrected chi connectivity index (χ3v) is 9.33. The highest BCUT2D eigenvalue weighted by atomic mass is 16.3. The smallest absolute Gasteiger partial charge is 0.238 e. The number of carbonyl (C=O) groups excluding carboxylic acids is 5. The molecule has 4 unspecified atom stereocenters. The van der Waals surface area contributed by atoms with Crippen molar-refractivity contribution in [2.45, 2.75) is 32.6 Å². The summed E-state index contributed by atoms with van der Waals surface area (Å²) in [6.45, 7) is 3.06. The second kappa shape index (κ2) is 9.31. The zero-order valence-electron chi connectivity index (χ0n) is 23.1. The molecule has 0 spiro atoms. The van der Waals surface area contributed by atoms with Crippen LogP contribution in [0.25, 0.3) is 10.8 Å². The number of aromatic hydroxyl groups is 1. The number of nitrogens with zero attached hydrogens (tertiary/aromatic N) is 1. The number of carbonyl (C=O) groups is 5. The van der Waals surface area contributed by atoms with Crippen molar-refractivity contribution in [2.75, 3.05) is 4.90 Å². The van der Waals surface area contributed by atoms with E-state index in [0.29, 0.717) is 40.0 Å². The molecule has 2 amide bonds. The maximum atomic E-state index is 14.1. The van der Waals surface area contributed by atoms with E-state index in [1.54, 1.807) is 43.3 Å². The van der Waals surface area contributed by atoms with Crippen LogP contribution in [-0.4, -0.2) is 34.3 Å². The van der Waals surface area contributed by atoms with Crippen molar-refractivity contribution in [1.82, 2.24) is 0 Å². The lowest BCUT2D eigenvalue weighted by atomic mass is 9.59. The molecule has 4 atom stereocenters. The van der Waals surface area contributed by atoms with Crippen LogP contribution in [0.2, 0.25) is 0 Å². The Morgan fingerprint density at radius 3 is 2.38 bits per heavy atom. The molecular formula is C35H27NO6. The predicted molar refractivity (Wildman–Crippen MR) is 156 cm³/mol. The fourth-order valence-corrected chi connectivity index (χ4v) is 7.40. The Balaban J connectivity index is 1.39. The molecule has 1 heterocycles. The molecule has 7 rings (SSSR count). The number of allylic oxidation sites excluding steroid dienone is 6. The number of hydrogen-bond donors (Lipinski definition) is 1. The van der Waals surface area contributed by atoms with Gasteiger partial charge >= 0.3 is 0 Å². The van der Waals surface area contributed by atoms with Crippen molar-refractivity contribution in [3.8, 4) is 5.75 Å². The Labute approximate surface area is 241 Å². The average molecular weight is 558 g/mol. The summed E-state index contributed by atoms with van der Waals surface area (Å²) in [5, 5.41) is 12.9. The number of anilines is 1. The van der Waals surface area contributed by atoms with E-state index in [2.05, 4.69) is 0 Å². The van der Waals surface area contributed by atoms with Gasteiger partial charge in [0.2, 0.25) is 11.8 Å². The van der Waals surface area contributed by atoms with E-state index in [9.17, 15) is 29.1 Å². The van der Waals surface area contributed by atoms with Gasteiger partial charge in [-0.05, 0) is 79.8 Å². The normalized spacial score (nSPS) is 25.2. The first-order valence-corrected chi connectivity index (χ1v) is 14.1. The third kappa shape index (κ3) is 3.62. The molecule has 1 fully saturated rings. The Bertz CT molecular complexity index is 1870. The van der Waals surface area contributed by atoms with Crippen LogP contribution in [0.4, 0.5) is 5.69 Å². The number of phenols is 1. The SMILES string of the molecule is CC(=O)c1ccc(N2C(=O)C3CC=C4C(c5c(O)ccc6ccccc56)C5=C(CC4C3C2=O)C(=O)C(C)=CC5=O)cc1. The lowest BCUT2D eigenvalue weighted by Crippen LogP contribution is -2.39. The van der Waals surface area contributed by atoms with Crippen molar-refractivity contribution in [1.29, 1.82) is 0 Å². The standard InChI is InChI=1S/C35H27NO6/c1-17-15-28(39)31-26(33(17)40)16-25-23(32(31)30-22-6-4-3-5-20(22)9-14-27(30)38)12-13-24-29(25)35(42)36(34(24)41)21-10-7-19(8-11-21)18(2)37/h3-12,14-15,24-25,29,32,38H,13,16H2,1-2H3. The predicted octanol–water partition coefficient (Wildman–Crippen LogP) is 5.38. The number of ketones is 3. The monoisotopic (exact) mass is 557 g/mol. The fourth-order valence-electron chi connectivity index (χ4n) is 7.40. The van der Waals surface area contributed by atoms with Gasteiger partial charge in [-0.1, -0.05) is 42.0 Å². The van der Waals surface area contributed by atoms with Gasteiger partial charge in [0.25, 0.3) is 0 Å². The second-order valence-corrected chi connectivity index (χ2v) is 11.6. The van der Waals surface area contributed by atoms with Crippen LogP contribution in [-0.2, 0) is 19.2 Å². The first-order chi connectivity index (χ1) is 20.2. The second-order valence-electron chi connectivity index (χ2n) is 11.6. The Morgan fingerprint density at radius 1 is 0.905 bits per heavy atom. The number of amides is 2. The molecule has 0 radical (unpaired) electrons. The van der Waals surface area contributed by atoms with E-state index in [1.165, 1.54) is 17.9 Å². The molecule has 42 heavy (non-hydrogen) atoms. The van der Waals surface area contributed by atoms with Crippen molar-refractivity contribution in [3.05, 3.63) is 106 Å². The van der Waals surface area contributed by atoms with E-state index < -0.39 is 23.7 Å². The Kier molecular flexibility index (Phi) is 5.77. The third-order valence-electron chi connectivity index (χ3n) is 9.33. The molecule has 7 nitrogen and oxygen atoms in total. The molecule has 3 aromatic carbocycles. The lowest BCUT2D eigenvalue weighted by molar-refractivity contribution is -0.123. The zero-order valence-corrected chi connectivity index (χ0v) is 23.1. The van der Waals surface area contributed by atoms with Gasteiger partial charge < -0.3 is 5.11 Å². The van der Waals surface area contributed by atoms with E-state index in [0.717, 1.165) is 16.3 Å². The van der Waals surface area contributed by atoms with Gasteiger partial charge in [-0.2, -0.15) is 0 Å². The quantitative estimate of drug-likeness (QED) is 0.200. The number of benzene rings is 3. The van der Waals surface area contributed by atoms with Gasteiger partial charge in [0.15, 0.2) is 17.3 Å². The number of phenolic OH excluding ortho intramolecular Hbond substituents is 1. The van der Waals surface area contributed by atoms with Gasteiger partial charge in [0.05, 0.1) is 17.5 Å². The zero-order chi connectivity index (χ0) is 29.4. The lowest BCUT2D eigenvalue weighted by Gasteiger charge is -2.42. The molecule has 3 aliphatic carbocycles. The fraction of sp³-hybridized carbons (Fsp3) is 0.229. The number of hydrogen-bond acceptors (Lipinski definition) is 6. The highest BCUT2D eigenvalue weighted by molar-refractivity contribution is 6.25. The largest absolute Gasteiger partial charge is 0.508 e. The minimum absolute atomic E-state index is 0.00163. The molecule has 3 aromatic rings. The number of imide groups is 1. The highest BCUT2D eigenvalue weighted by Gasteiger charge is 2.57. The molecule has 4 aliphatic rings. The van der Waals surface area contributed by atoms with Crippen LogP contribution in [0.1, 0.15) is 48.5 Å². The van der Waals surface area contributed by atoms with E-state index in [-0.39, 0.29) is 41.3 Å². The summed E-state index contributed by atoms with van der Waals surface area (Å²) in [6.07, 6.45) is 3.76. The molecule has 7 heteroatoms. The maximum Gasteiger partial charge on any atom is 0.238 e. The van der Waals surface area contributed by atoms with Crippen molar-refractivity contribution in [2.24, 2.45) is 17.8 Å². The molecular weight excluding hydrogens is 530 g/mol. The maximum absolute atomic E-state index is 14.1. The Morgan fingerprint density at radius 2 is 1.64 bits per heavy atom. The van der Waals surface area contributed by atoms with Crippen molar-refractivity contribution in [3.63, 3.8) is 0 Å². The molecule has 0 bridgehead atoms. The highest BCUT2D eigenvalue weighted by Crippen LogP contribution is 2.57. The first-order valence-electron chi connectivity index (χ1n) is 14.1. The molecule has 1 aliphatic heterocycles. The summed E-state index contributed by atoms with van der Waals surface area (Å²) in [6, 6.07) is 17.4. The van der Waals surface area contributed by atoms with Gasteiger partial charge in [-0.3, -0.25) is 28.9 Å². The summed E-state index contributed by atoms with van der Waals surface area (Å²) in [7, 11) is 0. The van der Waals surface area contributed by atoms with E-state index in [1.807, 2.05) is 30.3 Å². The summed E-state index contributed by atoms with van der Waals surface area (Å²) >= 11 is 0. The van der Waals surface area contributed by atoms with E-state index in [4.69, 9.17) is 0 Å². The number of fused-ring (bicyclic) bond motifs is 4. The topological polar surface area (TPSA) is 109 Å². The molecule has 1 saturated heterocycles. The van der Waals surface area contributed by atoms with Gasteiger partial charge in [0.1, 0.15) is 5.75 Å². The van der Waals surface area contributed by atoms with E-state index >= 15 is 0 Å². The number of rotatable bonds is 3. The van der Waals surface area contributed by atoms with Gasteiger partial charge in [-0.15, -0.1) is 0 Å². The molecule has 1 N–H and O–H groups in total. The number of Topliss-reactive ketones (excluding diaryl/α,β-unsaturated/α-hetero) is 2. The van der Waals surface area contributed by atoms with Crippen LogP contribution >= 0.6 is 0 Å². The average Bonchev–Trinajstić information content (AvgIpc) is 3.24. The first kappa shape index (κ1) is 26.0. The van der Waals surface area contributed by atoms with Gasteiger partial charge in [-0.25, -0.2) is 0 Å². The summed E-state index contributed by atoms with van der Waals surface area (Å²) < 4.78 is 0. The Hall–Kier alpha value is -4.91. The summed E-state index contributed by atoms with van der Waals surface area (Å²) in [5.41, 5.74) is 3.21. The molecule has 0 saturated carbocycles. The van der Waals surface area contributed by atoms with Crippen LogP contribution in [0.3, 0.4) is 0 Å². The van der Waals surface area contributed by atoms with Crippen LogP contribution in [0.5, 0.6) is 5.75 Å². The minimum atomic E-state index is -0.738.